The monoisotopic (exact) mass is 304 g/mol. The molecular formula is C15H20N4OS. The summed E-state index contributed by atoms with van der Waals surface area (Å²) in [4.78, 5) is 19.6. The van der Waals surface area contributed by atoms with Crippen LogP contribution in [0, 0.1) is 13.8 Å². The minimum atomic E-state index is -0.0485. The van der Waals surface area contributed by atoms with E-state index in [1.54, 1.807) is 5.51 Å². The first kappa shape index (κ1) is 14.3. The van der Waals surface area contributed by atoms with Crippen molar-refractivity contribution in [1.29, 1.82) is 0 Å². The number of hydrogen-bond donors (Lipinski definition) is 1. The lowest BCUT2D eigenvalue weighted by Gasteiger charge is -2.40. The fourth-order valence-electron chi connectivity index (χ4n) is 3.22. The van der Waals surface area contributed by atoms with Crippen molar-refractivity contribution in [2.45, 2.75) is 39.0 Å². The van der Waals surface area contributed by atoms with Crippen molar-refractivity contribution in [2.75, 3.05) is 13.1 Å². The molecule has 1 atom stereocenters. The maximum Gasteiger partial charge on any atom is 0.265 e. The van der Waals surface area contributed by atoms with Gasteiger partial charge in [0.25, 0.3) is 5.91 Å². The van der Waals surface area contributed by atoms with Crippen molar-refractivity contribution >= 4 is 17.2 Å². The van der Waals surface area contributed by atoms with Crippen molar-refractivity contribution in [2.24, 2.45) is 0 Å². The Morgan fingerprint density at radius 2 is 2.29 bits per heavy atom. The number of nitrogens with one attached hydrogen (secondary N) is 1. The topological polar surface area (TPSA) is 61.9 Å². The lowest BCUT2D eigenvalue weighted by molar-refractivity contribution is 0.0651. The van der Waals surface area contributed by atoms with E-state index < -0.39 is 0 Å². The van der Waals surface area contributed by atoms with Crippen LogP contribution in [0.3, 0.4) is 0 Å². The van der Waals surface area contributed by atoms with Gasteiger partial charge >= 0.3 is 0 Å². The number of piperidine rings is 1. The van der Waals surface area contributed by atoms with E-state index in [0.29, 0.717) is 0 Å². The lowest BCUT2D eigenvalue weighted by Crippen LogP contribution is -2.47. The molecule has 2 aromatic heterocycles. The first-order chi connectivity index (χ1) is 10.0. The van der Waals surface area contributed by atoms with E-state index in [1.807, 2.05) is 18.0 Å². The third-order valence-corrected chi connectivity index (χ3v) is 5.27. The number of hydrogen-bond acceptors (Lipinski definition) is 4. The molecule has 3 heterocycles. The molecule has 1 saturated heterocycles. The molecule has 1 aliphatic heterocycles. The molecule has 0 aliphatic carbocycles. The molecule has 5 nitrogen and oxygen atoms in total. The van der Waals surface area contributed by atoms with Crippen molar-refractivity contribution < 1.29 is 4.79 Å². The standard InChI is InChI=1S/C15H20N4OS/c1-10-7-17-18-13(10)15(3)5-4-6-19(8-15)14(20)12-11(2)16-9-21-12/h7,9H,4-6,8H2,1-3H3,(H,17,18). The highest BCUT2D eigenvalue weighted by molar-refractivity contribution is 7.11. The fraction of sp³-hybridized carbons (Fsp3) is 0.533. The highest BCUT2D eigenvalue weighted by atomic mass is 32.1. The SMILES string of the molecule is Cc1cn[nH]c1C1(C)CCCN(C(=O)c2scnc2C)C1. The van der Waals surface area contributed by atoms with Crippen LogP contribution in [-0.2, 0) is 5.41 Å². The first-order valence-corrected chi connectivity index (χ1v) is 8.09. The Balaban J connectivity index is 1.85. The van der Waals surface area contributed by atoms with Gasteiger partial charge in [0, 0.05) is 24.2 Å². The molecule has 1 amide bonds. The lowest BCUT2D eigenvalue weighted by atomic mass is 9.77. The molecule has 3 rings (SSSR count). The summed E-state index contributed by atoms with van der Waals surface area (Å²) in [5.74, 6) is 0.109. The van der Waals surface area contributed by atoms with Gasteiger partial charge in [0.1, 0.15) is 4.88 Å². The van der Waals surface area contributed by atoms with Crippen LogP contribution in [0.5, 0.6) is 0 Å². The van der Waals surface area contributed by atoms with E-state index in [0.717, 1.165) is 42.2 Å². The number of aromatic amines is 1. The number of nitrogens with zero attached hydrogens (tertiary/aromatic N) is 3. The van der Waals surface area contributed by atoms with Gasteiger partial charge < -0.3 is 4.90 Å². The third kappa shape index (κ3) is 2.48. The van der Waals surface area contributed by atoms with Crippen LogP contribution in [0.4, 0.5) is 0 Å². The van der Waals surface area contributed by atoms with Crippen LogP contribution in [0.25, 0.3) is 0 Å². The number of H-pyrrole nitrogens is 1. The number of amides is 1. The molecular weight excluding hydrogens is 284 g/mol. The van der Waals surface area contributed by atoms with Crippen LogP contribution < -0.4 is 0 Å². The summed E-state index contributed by atoms with van der Waals surface area (Å²) >= 11 is 1.43. The number of carbonyl (C=O) groups excluding carboxylic acids is 1. The predicted octanol–water partition coefficient (Wildman–Crippen LogP) is 2.68. The Bertz CT molecular complexity index is 662. The molecule has 0 spiro atoms. The fourth-order valence-corrected chi connectivity index (χ4v) is 3.99. The summed E-state index contributed by atoms with van der Waals surface area (Å²) in [5.41, 5.74) is 4.84. The predicted molar refractivity (Wildman–Crippen MR) is 82.7 cm³/mol. The zero-order chi connectivity index (χ0) is 15.0. The van der Waals surface area contributed by atoms with E-state index in [2.05, 4.69) is 29.0 Å². The van der Waals surface area contributed by atoms with E-state index >= 15 is 0 Å². The molecule has 1 fully saturated rings. The van der Waals surface area contributed by atoms with Crippen molar-refractivity contribution in [1.82, 2.24) is 20.1 Å². The van der Waals surface area contributed by atoms with E-state index in [-0.39, 0.29) is 11.3 Å². The van der Waals surface area contributed by atoms with Gasteiger partial charge in [-0.15, -0.1) is 11.3 Å². The smallest absolute Gasteiger partial charge is 0.265 e. The zero-order valence-corrected chi connectivity index (χ0v) is 13.5. The Morgan fingerprint density at radius 1 is 1.48 bits per heavy atom. The second-order valence-corrected chi connectivity index (χ2v) is 6.94. The highest BCUT2D eigenvalue weighted by Crippen LogP contribution is 2.35. The van der Waals surface area contributed by atoms with Gasteiger partial charge in [-0.25, -0.2) is 4.98 Å². The maximum absolute atomic E-state index is 12.7. The molecule has 2 aromatic rings. The minimum absolute atomic E-state index is 0.0485. The Morgan fingerprint density at radius 3 is 2.90 bits per heavy atom. The second-order valence-electron chi connectivity index (χ2n) is 6.09. The number of aryl methyl sites for hydroxylation is 2. The van der Waals surface area contributed by atoms with Gasteiger partial charge in [-0.3, -0.25) is 9.89 Å². The molecule has 21 heavy (non-hydrogen) atoms. The average molecular weight is 304 g/mol. The average Bonchev–Trinajstić information content (AvgIpc) is 3.07. The number of rotatable bonds is 2. The van der Waals surface area contributed by atoms with Gasteiger partial charge in [0.05, 0.1) is 17.4 Å². The third-order valence-electron chi connectivity index (χ3n) is 4.36. The van der Waals surface area contributed by atoms with Gasteiger partial charge in [-0.2, -0.15) is 5.10 Å². The van der Waals surface area contributed by atoms with Crippen LogP contribution in [0.15, 0.2) is 11.7 Å². The minimum Gasteiger partial charge on any atom is -0.337 e. The van der Waals surface area contributed by atoms with Gasteiger partial charge in [0.2, 0.25) is 0 Å². The van der Waals surface area contributed by atoms with Crippen LogP contribution >= 0.6 is 11.3 Å². The van der Waals surface area contributed by atoms with Crippen LogP contribution in [-0.4, -0.2) is 39.1 Å². The summed E-state index contributed by atoms with van der Waals surface area (Å²) < 4.78 is 0. The molecule has 0 bridgehead atoms. The van der Waals surface area contributed by atoms with Gasteiger partial charge in [-0.1, -0.05) is 6.92 Å². The quantitative estimate of drug-likeness (QED) is 0.928. The first-order valence-electron chi connectivity index (χ1n) is 7.21. The summed E-state index contributed by atoms with van der Waals surface area (Å²) in [6.07, 6.45) is 3.94. The number of likely N-dealkylation sites (tertiary alicyclic amines) is 1. The largest absolute Gasteiger partial charge is 0.337 e. The van der Waals surface area contributed by atoms with E-state index in [9.17, 15) is 4.79 Å². The van der Waals surface area contributed by atoms with Crippen molar-refractivity contribution in [3.63, 3.8) is 0 Å². The number of carbonyl (C=O) groups is 1. The molecule has 112 valence electrons. The molecule has 0 radical (unpaired) electrons. The van der Waals surface area contributed by atoms with Crippen LogP contribution in [0.2, 0.25) is 0 Å². The summed E-state index contributed by atoms with van der Waals surface area (Å²) in [6.45, 7) is 7.72. The normalized spacial score (nSPS) is 22.5. The van der Waals surface area contributed by atoms with Gasteiger partial charge in [-0.05, 0) is 32.3 Å². The Kier molecular flexibility index (Phi) is 3.57. The van der Waals surface area contributed by atoms with Gasteiger partial charge in [0.15, 0.2) is 0 Å². The molecule has 6 heteroatoms. The summed E-state index contributed by atoms with van der Waals surface area (Å²) in [7, 11) is 0. The zero-order valence-electron chi connectivity index (χ0n) is 12.6. The van der Waals surface area contributed by atoms with E-state index in [4.69, 9.17) is 0 Å². The Hall–Kier alpha value is -1.69. The number of aromatic nitrogens is 3. The van der Waals surface area contributed by atoms with Crippen LogP contribution in [0.1, 0.15) is 46.4 Å². The molecule has 1 unspecified atom stereocenters. The van der Waals surface area contributed by atoms with Crippen molar-refractivity contribution in [3.05, 3.63) is 33.5 Å². The highest BCUT2D eigenvalue weighted by Gasteiger charge is 2.37. The summed E-state index contributed by atoms with van der Waals surface area (Å²) in [6, 6.07) is 0. The molecule has 1 aliphatic rings. The molecule has 0 aromatic carbocycles. The Labute approximate surface area is 128 Å². The summed E-state index contributed by atoms with van der Waals surface area (Å²) in [5, 5.41) is 7.26. The number of thiazole rings is 1. The molecule has 1 N–H and O–H groups in total. The molecule has 0 saturated carbocycles. The second kappa shape index (κ2) is 5.26. The van der Waals surface area contributed by atoms with Crippen molar-refractivity contribution in [3.8, 4) is 0 Å². The maximum atomic E-state index is 12.7. The van der Waals surface area contributed by atoms with E-state index in [1.165, 1.54) is 16.9 Å².